The molecule has 4 nitrogen and oxygen atoms in total. The number of allylic oxidation sites excluding steroid dienone is 2. The van der Waals surface area contributed by atoms with Gasteiger partial charge in [-0.15, -0.1) is 12.1 Å². The fraction of sp³-hybridized carbons (Fsp3) is 0.0833. The molecule has 0 unspecified atom stereocenters. The van der Waals surface area contributed by atoms with E-state index in [1.807, 2.05) is 36.4 Å². The number of rotatable bonds is 3. The van der Waals surface area contributed by atoms with Crippen molar-refractivity contribution >= 4 is 27.3 Å². The van der Waals surface area contributed by atoms with Crippen LogP contribution in [-0.2, 0) is 24.9 Å². The molecule has 0 amide bonds. The fourth-order valence-corrected chi connectivity index (χ4v) is 2.75. The molecule has 30 heavy (non-hydrogen) atoms. The molecule has 0 aliphatic rings. The minimum absolute atomic E-state index is 0. The molecule has 4 rings (SSSR count). The van der Waals surface area contributed by atoms with Gasteiger partial charge in [-0.2, -0.15) is 18.2 Å². The Balaban J connectivity index is 0.000000350. The maximum absolute atomic E-state index is 13.4. The van der Waals surface area contributed by atoms with E-state index in [1.165, 1.54) is 32.1 Å². The summed E-state index contributed by atoms with van der Waals surface area (Å²) in [4.78, 5) is 14.3. The molecule has 4 aromatic rings. The van der Waals surface area contributed by atoms with Gasteiger partial charge in [0.25, 0.3) is 0 Å². The first-order valence-electron chi connectivity index (χ1n) is 8.92. The third-order valence-corrected chi connectivity index (χ3v) is 3.92. The van der Waals surface area contributed by atoms with Gasteiger partial charge in [-0.1, -0.05) is 6.07 Å². The van der Waals surface area contributed by atoms with Crippen LogP contribution < -0.4 is 4.74 Å². The molecule has 1 heterocycles. The van der Waals surface area contributed by atoms with Gasteiger partial charge in [0.2, 0.25) is 5.88 Å². The molecule has 0 aliphatic heterocycles. The Labute approximate surface area is 187 Å². The van der Waals surface area contributed by atoms with Crippen molar-refractivity contribution in [2.24, 2.45) is 0 Å². The van der Waals surface area contributed by atoms with E-state index in [0.29, 0.717) is 11.6 Å². The molecule has 0 fully saturated rings. The third kappa shape index (κ3) is 6.48. The summed E-state index contributed by atoms with van der Waals surface area (Å²) in [7, 11) is 0. The summed E-state index contributed by atoms with van der Waals surface area (Å²) in [5.74, 6) is 0.802. The molecule has 1 radical (unpaired) electrons. The van der Waals surface area contributed by atoms with Crippen molar-refractivity contribution in [3.8, 4) is 11.6 Å². The zero-order chi connectivity index (χ0) is 20.8. The van der Waals surface area contributed by atoms with Crippen LogP contribution in [0.3, 0.4) is 0 Å². The van der Waals surface area contributed by atoms with Crippen LogP contribution in [0.25, 0.3) is 21.5 Å². The van der Waals surface area contributed by atoms with Crippen molar-refractivity contribution < 1.29 is 39.1 Å². The molecule has 0 aliphatic carbocycles. The minimum atomic E-state index is -0.240. The van der Waals surface area contributed by atoms with Gasteiger partial charge in [0.05, 0.1) is 5.76 Å². The molecule has 0 atom stereocenters. The number of para-hydroxylation sites is 1. The second-order valence-corrected chi connectivity index (χ2v) is 6.44. The van der Waals surface area contributed by atoms with Gasteiger partial charge in [0.1, 0.15) is 5.82 Å². The number of carbonyl (C=O) groups is 1. The summed E-state index contributed by atoms with van der Waals surface area (Å²) >= 11 is 0. The fourth-order valence-electron chi connectivity index (χ4n) is 2.75. The van der Waals surface area contributed by atoms with E-state index in [1.54, 1.807) is 18.3 Å². The average Bonchev–Trinajstić information content (AvgIpc) is 2.66. The van der Waals surface area contributed by atoms with Crippen molar-refractivity contribution in [3.05, 3.63) is 90.6 Å². The van der Waals surface area contributed by atoms with Crippen LogP contribution in [0.5, 0.6) is 11.6 Å². The Morgan fingerprint density at radius 3 is 2.40 bits per heavy atom. The number of aliphatic hydroxyl groups excluding tert-OH is 1. The van der Waals surface area contributed by atoms with Gasteiger partial charge < -0.3 is 9.84 Å². The van der Waals surface area contributed by atoms with Crippen LogP contribution in [0.4, 0.5) is 4.39 Å². The number of ether oxygens (including phenoxy) is 1. The van der Waals surface area contributed by atoms with Gasteiger partial charge in [-0.25, -0.2) is 9.37 Å². The summed E-state index contributed by atoms with van der Waals surface area (Å²) in [6, 6.07) is 20.9. The van der Waals surface area contributed by atoms with Gasteiger partial charge in [-0.3, -0.25) is 4.79 Å². The second kappa shape index (κ2) is 10.6. The number of benzene rings is 3. The van der Waals surface area contributed by atoms with E-state index in [2.05, 4.69) is 11.1 Å². The monoisotopic (exact) mass is 581 g/mol. The second-order valence-electron chi connectivity index (χ2n) is 6.44. The predicted octanol–water partition coefficient (Wildman–Crippen LogP) is 6.15. The van der Waals surface area contributed by atoms with Gasteiger partial charge in [0.15, 0.2) is 5.78 Å². The van der Waals surface area contributed by atoms with Crippen molar-refractivity contribution in [2.45, 2.75) is 13.8 Å². The van der Waals surface area contributed by atoms with E-state index in [4.69, 9.17) is 9.84 Å². The number of fused-ring (bicyclic) bond motifs is 2. The molecule has 0 bridgehead atoms. The molecule has 0 saturated heterocycles. The van der Waals surface area contributed by atoms with E-state index in [0.717, 1.165) is 21.5 Å². The van der Waals surface area contributed by atoms with Gasteiger partial charge in [-0.05, 0) is 54.3 Å². The summed E-state index contributed by atoms with van der Waals surface area (Å²) < 4.78 is 19.0. The smallest absolute Gasteiger partial charge is 0.217 e. The minimum Gasteiger partial charge on any atom is -0.512 e. The van der Waals surface area contributed by atoms with E-state index in [9.17, 15) is 9.18 Å². The van der Waals surface area contributed by atoms with Crippen LogP contribution in [0, 0.1) is 11.9 Å². The van der Waals surface area contributed by atoms with Crippen LogP contribution >= 0.6 is 0 Å². The number of aromatic nitrogens is 1. The molecule has 0 spiro atoms. The number of hydrogen-bond acceptors (Lipinski definition) is 4. The molecule has 155 valence electrons. The number of nitrogens with zero attached hydrogens (tertiary/aromatic N) is 1. The van der Waals surface area contributed by atoms with Crippen molar-refractivity contribution in [1.82, 2.24) is 4.98 Å². The molecule has 1 aromatic heterocycles. The average molecular weight is 581 g/mol. The van der Waals surface area contributed by atoms with Gasteiger partial charge in [0, 0.05) is 49.6 Å². The standard InChI is InChI=1S/C19H11FNO.C5H8O2.Ir/c20-17-7-6-13-8-16-12-21-19(11-15(16)9-14(13)10-17)22-18-4-2-1-3-5-18;1-4(6)3-5(2)7;/h1-4,6-12H;3,6H,1-2H3;/q-1;;/b;4-3-;. The summed E-state index contributed by atoms with van der Waals surface area (Å²) in [5, 5.41) is 12.2. The quantitative estimate of drug-likeness (QED) is 0.137. The van der Waals surface area contributed by atoms with E-state index >= 15 is 0 Å². The van der Waals surface area contributed by atoms with Crippen LogP contribution in [0.15, 0.2) is 78.7 Å². The number of hydrogen-bond donors (Lipinski definition) is 1. The van der Waals surface area contributed by atoms with E-state index < -0.39 is 0 Å². The van der Waals surface area contributed by atoms with Crippen molar-refractivity contribution in [1.29, 1.82) is 0 Å². The zero-order valence-corrected chi connectivity index (χ0v) is 18.7. The number of aliphatic hydroxyl groups is 1. The summed E-state index contributed by atoms with van der Waals surface area (Å²) in [5.41, 5.74) is 0. The first-order chi connectivity index (χ1) is 13.9. The van der Waals surface area contributed by atoms with Crippen LogP contribution in [-0.4, -0.2) is 15.9 Å². The zero-order valence-electron chi connectivity index (χ0n) is 16.4. The van der Waals surface area contributed by atoms with Crippen molar-refractivity contribution in [2.75, 3.05) is 0 Å². The Hall–Kier alpha value is -3.08. The first-order valence-corrected chi connectivity index (χ1v) is 8.92. The molecule has 1 N–H and O–H groups in total. The Morgan fingerprint density at radius 2 is 1.77 bits per heavy atom. The molecule has 0 saturated carbocycles. The number of carbonyl (C=O) groups excluding carboxylic acids is 1. The van der Waals surface area contributed by atoms with E-state index in [-0.39, 0.29) is 37.5 Å². The SMILES string of the molecule is CC(=O)/C=C(/C)O.Fc1ccc2cc3cnc(Oc4[c-]cccc4)cc3cc2c1.[Ir]. The Bertz CT molecular complexity index is 1190. The summed E-state index contributed by atoms with van der Waals surface area (Å²) in [6.45, 7) is 2.85. The van der Waals surface area contributed by atoms with Crippen LogP contribution in [0.1, 0.15) is 13.8 Å². The Kier molecular flexibility index (Phi) is 8.22. The Morgan fingerprint density at radius 1 is 1.03 bits per heavy atom. The molecular formula is C24H19FIrNO3-. The summed E-state index contributed by atoms with van der Waals surface area (Å²) in [6.07, 6.45) is 2.93. The van der Waals surface area contributed by atoms with Gasteiger partial charge >= 0.3 is 0 Å². The maximum atomic E-state index is 13.4. The predicted molar refractivity (Wildman–Crippen MR) is 112 cm³/mol. The third-order valence-electron chi connectivity index (χ3n) is 3.92. The van der Waals surface area contributed by atoms with Crippen LogP contribution in [0.2, 0.25) is 0 Å². The largest absolute Gasteiger partial charge is 0.512 e. The maximum Gasteiger partial charge on any atom is 0.217 e. The molecular weight excluding hydrogens is 561 g/mol. The number of ketones is 1. The first kappa shape index (κ1) is 23.2. The number of halogens is 1. The topological polar surface area (TPSA) is 59.4 Å². The molecule has 3 aromatic carbocycles. The normalized spacial score (nSPS) is 10.7. The molecule has 6 heteroatoms. The van der Waals surface area contributed by atoms with Crippen molar-refractivity contribution in [3.63, 3.8) is 0 Å². The number of pyridine rings is 1.